The number of thioether (sulfide) groups is 1. The van der Waals surface area contributed by atoms with Gasteiger partial charge in [0, 0.05) is 23.2 Å². The standard InChI is InChI=1S/C13H17F2N3O3S2/c14-12(15)22-11-5-1-3-9(7-11)17-13(19)18-6-2-4-10(18)8-23(16,20)21/h1,3,5,7,10,12H,2,4,6,8H2,(H,17,19)(H2,16,20,21)/t10-/m0/s1. The van der Waals surface area contributed by atoms with Crippen LogP contribution in [0, 0.1) is 0 Å². The first kappa shape index (κ1) is 18.0. The summed E-state index contributed by atoms with van der Waals surface area (Å²) in [6.07, 6.45) is 1.25. The van der Waals surface area contributed by atoms with Crippen LogP contribution in [0.2, 0.25) is 0 Å². The second kappa shape index (κ2) is 7.45. The zero-order valence-corrected chi connectivity index (χ0v) is 13.7. The number of benzene rings is 1. The van der Waals surface area contributed by atoms with Gasteiger partial charge in [-0.25, -0.2) is 18.4 Å². The summed E-state index contributed by atoms with van der Waals surface area (Å²) in [5, 5.41) is 7.64. The molecule has 0 aromatic heterocycles. The van der Waals surface area contributed by atoms with Crippen molar-refractivity contribution in [1.29, 1.82) is 0 Å². The number of likely N-dealkylation sites (tertiary alicyclic amines) is 1. The van der Waals surface area contributed by atoms with E-state index in [4.69, 9.17) is 5.14 Å². The molecule has 0 aliphatic carbocycles. The molecule has 1 atom stereocenters. The van der Waals surface area contributed by atoms with Crippen molar-refractivity contribution >= 4 is 33.5 Å². The molecule has 2 rings (SSSR count). The molecule has 0 spiro atoms. The Morgan fingerprint density at radius 2 is 2.22 bits per heavy atom. The van der Waals surface area contributed by atoms with Crippen molar-refractivity contribution in [2.24, 2.45) is 5.14 Å². The van der Waals surface area contributed by atoms with Crippen LogP contribution in [0.1, 0.15) is 12.8 Å². The fourth-order valence-corrected chi connectivity index (χ4v) is 3.93. The molecule has 1 aromatic rings. The van der Waals surface area contributed by atoms with E-state index in [0.717, 1.165) is 0 Å². The molecule has 1 aromatic carbocycles. The van der Waals surface area contributed by atoms with Crippen molar-refractivity contribution in [1.82, 2.24) is 4.90 Å². The third kappa shape index (κ3) is 5.63. The second-order valence-corrected chi connectivity index (χ2v) is 7.88. The Morgan fingerprint density at radius 1 is 1.48 bits per heavy atom. The number of carbonyl (C=O) groups is 1. The van der Waals surface area contributed by atoms with Crippen LogP contribution in [0.25, 0.3) is 0 Å². The third-order valence-corrected chi connectivity index (χ3v) is 4.93. The number of hydrogen-bond acceptors (Lipinski definition) is 4. The minimum absolute atomic E-state index is 0.290. The van der Waals surface area contributed by atoms with Crippen molar-refractivity contribution in [3.05, 3.63) is 24.3 Å². The Morgan fingerprint density at radius 3 is 2.87 bits per heavy atom. The van der Waals surface area contributed by atoms with E-state index in [0.29, 0.717) is 41.7 Å². The summed E-state index contributed by atoms with van der Waals surface area (Å²) in [4.78, 5) is 14.0. The van der Waals surface area contributed by atoms with E-state index in [1.165, 1.54) is 17.0 Å². The highest BCUT2D eigenvalue weighted by Crippen LogP contribution is 2.27. The highest BCUT2D eigenvalue weighted by molar-refractivity contribution is 7.99. The molecular weight excluding hydrogens is 348 g/mol. The van der Waals surface area contributed by atoms with Crippen LogP contribution < -0.4 is 10.5 Å². The van der Waals surface area contributed by atoms with Gasteiger partial charge in [0.1, 0.15) is 0 Å². The lowest BCUT2D eigenvalue weighted by Crippen LogP contribution is -2.43. The Bertz CT molecular complexity index is 670. The molecule has 1 saturated heterocycles. The Kier molecular flexibility index (Phi) is 5.82. The van der Waals surface area contributed by atoms with Crippen LogP contribution >= 0.6 is 11.8 Å². The molecule has 3 N–H and O–H groups in total. The molecule has 128 valence electrons. The van der Waals surface area contributed by atoms with Crippen LogP contribution in [0.3, 0.4) is 0 Å². The molecule has 0 saturated carbocycles. The zero-order chi connectivity index (χ0) is 17.0. The predicted octanol–water partition coefficient (Wildman–Crippen LogP) is 2.29. The number of nitrogens with two attached hydrogens (primary N) is 1. The van der Waals surface area contributed by atoms with Gasteiger partial charge in [0.2, 0.25) is 10.0 Å². The molecule has 6 nitrogen and oxygen atoms in total. The number of nitrogens with zero attached hydrogens (tertiary/aromatic N) is 1. The first-order valence-electron chi connectivity index (χ1n) is 6.87. The molecule has 1 aliphatic rings. The van der Waals surface area contributed by atoms with E-state index in [9.17, 15) is 22.0 Å². The number of carbonyl (C=O) groups excluding carboxylic acids is 1. The summed E-state index contributed by atoms with van der Waals surface area (Å²) in [6, 6.07) is 5.18. The Labute approximate surface area is 137 Å². The van der Waals surface area contributed by atoms with Gasteiger partial charge in [0.05, 0.1) is 5.75 Å². The number of alkyl halides is 2. The Balaban J connectivity index is 2.03. The fourth-order valence-electron chi connectivity index (χ4n) is 2.49. The lowest BCUT2D eigenvalue weighted by molar-refractivity contribution is 0.210. The summed E-state index contributed by atoms with van der Waals surface area (Å²) in [6.45, 7) is 0.428. The number of amides is 2. The highest BCUT2D eigenvalue weighted by atomic mass is 32.2. The highest BCUT2D eigenvalue weighted by Gasteiger charge is 2.31. The summed E-state index contributed by atoms with van der Waals surface area (Å²) < 4.78 is 47.1. The van der Waals surface area contributed by atoms with Gasteiger partial charge >= 0.3 is 6.03 Å². The summed E-state index contributed by atoms with van der Waals surface area (Å²) in [5.74, 6) is -2.83. The van der Waals surface area contributed by atoms with E-state index in [-0.39, 0.29) is 5.75 Å². The maximum atomic E-state index is 12.4. The number of anilines is 1. The number of nitrogens with one attached hydrogen (secondary N) is 1. The number of rotatable bonds is 5. The molecule has 1 heterocycles. The smallest absolute Gasteiger partial charge is 0.320 e. The van der Waals surface area contributed by atoms with Crippen molar-refractivity contribution in [2.75, 3.05) is 17.6 Å². The molecule has 0 radical (unpaired) electrons. The average molecular weight is 365 g/mol. The SMILES string of the molecule is NS(=O)(=O)C[C@@H]1CCCN1C(=O)Nc1cccc(SC(F)F)c1. The lowest BCUT2D eigenvalue weighted by atomic mass is 10.2. The quantitative estimate of drug-likeness (QED) is 0.783. The molecule has 1 aliphatic heterocycles. The van der Waals surface area contributed by atoms with Gasteiger partial charge in [-0.2, -0.15) is 8.78 Å². The van der Waals surface area contributed by atoms with Gasteiger partial charge in [0.25, 0.3) is 5.76 Å². The van der Waals surface area contributed by atoms with Crippen LogP contribution in [0.15, 0.2) is 29.2 Å². The Hall–Kier alpha value is -1.39. The first-order valence-corrected chi connectivity index (χ1v) is 9.47. The molecule has 0 unspecified atom stereocenters. The van der Waals surface area contributed by atoms with E-state index >= 15 is 0 Å². The number of sulfonamides is 1. The van der Waals surface area contributed by atoms with Crippen molar-refractivity contribution in [3.63, 3.8) is 0 Å². The van der Waals surface area contributed by atoms with Crippen molar-refractivity contribution in [3.8, 4) is 0 Å². The van der Waals surface area contributed by atoms with Crippen LogP contribution in [0.4, 0.5) is 19.3 Å². The maximum Gasteiger partial charge on any atom is 0.322 e. The van der Waals surface area contributed by atoms with E-state index in [1.807, 2.05) is 0 Å². The number of urea groups is 1. The van der Waals surface area contributed by atoms with Crippen LogP contribution in [0.5, 0.6) is 0 Å². The lowest BCUT2D eigenvalue weighted by Gasteiger charge is -2.24. The van der Waals surface area contributed by atoms with Crippen molar-refractivity contribution in [2.45, 2.75) is 29.5 Å². The van der Waals surface area contributed by atoms with Crippen LogP contribution in [-0.2, 0) is 10.0 Å². The number of hydrogen-bond donors (Lipinski definition) is 2. The molecule has 1 fully saturated rings. The van der Waals surface area contributed by atoms with E-state index < -0.39 is 27.9 Å². The number of halogens is 2. The first-order chi connectivity index (χ1) is 10.7. The predicted molar refractivity (Wildman–Crippen MR) is 85.0 cm³/mol. The summed E-state index contributed by atoms with van der Waals surface area (Å²) in [5.41, 5.74) is 0.377. The molecule has 23 heavy (non-hydrogen) atoms. The van der Waals surface area contributed by atoms with Gasteiger partial charge in [-0.3, -0.25) is 0 Å². The largest absolute Gasteiger partial charge is 0.322 e. The van der Waals surface area contributed by atoms with E-state index in [1.54, 1.807) is 12.1 Å². The summed E-state index contributed by atoms with van der Waals surface area (Å²) >= 11 is 0.386. The fraction of sp³-hybridized carbons (Fsp3) is 0.462. The summed E-state index contributed by atoms with van der Waals surface area (Å²) in [7, 11) is -3.68. The van der Waals surface area contributed by atoms with Gasteiger partial charge in [-0.15, -0.1) is 0 Å². The second-order valence-electron chi connectivity index (χ2n) is 5.16. The van der Waals surface area contributed by atoms with Gasteiger partial charge in [-0.05, 0) is 31.0 Å². The van der Waals surface area contributed by atoms with Gasteiger partial charge < -0.3 is 10.2 Å². The van der Waals surface area contributed by atoms with Gasteiger partial charge in [-0.1, -0.05) is 17.8 Å². The van der Waals surface area contributed by atoms with Gasteiger partial charge in [0.15, 0.2) is 0 Å². The molecule has 0 bridgehead atoms. The third-order valence-electron chi connectivity index (χ3n) is 3.37. The zero-order valence-electron chi connectivity index (χ0n) is 12.1. The minimum Gasteiger partial charge on any atom is -0.320 e. The van der Waals surface area contributed by atoms with Crippen LogP contribution in [-0.4, -0.2) is 43.4 Å². The normalized spacial score (nSPS) is 18.4. The monoisotopic (exact) mass is 365 g/mol. The molecule has 10 heteroatoms. The van der Waals surface area contributed by atoms with E-state index in [2.05, 4.69) is 5.32 Å². The van der Waals surface area contributed by atoms with Crippen molar-refractivity contribution < 1.29 is 22.0 Å². The topological polar surface area (TPSA) is 92.5 Å². The molecular formula is C13H17F2N3O3S2. The number of primary sulfonamides is 1. The molecule has 2 amide bonds. The average Bonchev–Trinajstić information content (AvgIpc) is 2.84. The minimum atomic E-state index is -3.68. The maximum absolute atomic E-state index is 12.4.